The molecule has 2 nitrogen and oxygen atoms in total. The van der Waals surface area contributed by atoms with Crippen LogP contribution in [0.25, 0.3) is 0 Å². The Morgan fingerprint density at radius 2 is 2.05 bits per heavy atom. The van der Waals surface area contributed by atoms with Gasteiger partial charge in [-0.3, -0.25) is 0 Å². The standard InChI is InChI=1S/C19H31NO/c1-2-3-5-9-16-10-8-12-19-18(16)14-13-17(20-19)11-6-4-7-15-21/h2-3,5,7,15-21H,1,4,6,8-14H2/t16-,17+,18+,19-/m1/s1. The fraction of sp³-hybridized carbons (Fsp3) is 0.684. The molecule has 2 rings (SSSR count). The van der Waals surface area contributed by atoms with E-state index in [1.165, 1.54) is 57.6 Å². The Labute approximate surface area is 130 Å². The zero-order valence-electron chi connectivity index (χ0n) is 13.2. The van der Waals surface area contributed by atoms with Crippen LogP contribution in [0.5, 0.6) is 0 Å². The van der Waals surface area contributed by atoms with E-state index >= 15 is 0 Å². The second-order valence-corrected chi connectivity index (χ2v) is 6.62. The third-order valence-electron chi connectivity index (χ3n) is 5.25. The van der Waals surface area contributed by atoms with Gasteiger partial charge in [0, 0.05) is 12.1 Å². The Kier molecular flexibility index (Phi) is 7.08. The Morgan fingerprint density at radius 1 is 1.14 bits per heavy atom. The summed E-state index contributed by atoms with van der Waals surface area (Å²) in [6, 6.07) is 1.44. The van der Waals surface area contributed by atoms with E-state index in [0.717, 1.165) is 24.3 Å². The van der Waals surface area contributed by atoms with E-state index in [2.05, 4.69) is 24.0 Å². The van der Waals surface area contributed by atoms with E-state index in [9.17, 15) is 0 Å². The van der Waals surface area contributed by atoms with Crippen molar-refractivity contribution in [3.05, 3.63) is 37.1 Å². The van der Waals surface area contributed by atoms with Crippen LogP contribution in [0.3, 0.4) is 0 Å². The molecule has 0 aromatic heterocycles. The third kappa shape index (κ3) is 5.03. The Balaban J connectivity index is 1.78. The maximum absolute atomic E-state index is 8.67. The quantitative estimate of drug-likeness (QED) is 0.397. The lowest BCUT2D eigenvalue weighted by Crippen LogP contribution is -2.51. The second kappa shape index (κ2) is 9.09. The molecule has 1 saturated heterocycles. The van der Waals surface area contributed by atoms with E-state index in [4.69, 9.17) is 5.11 Å². The predicted molar refractivity (Wildman–Crippen MR) is 90.4 cm³/mol. The molecular weight excluding hydrogens is 258 g/mol. The fourth-order valence-corrected chi connectivity index (χ4v) is 4.21. The zero-order valence-corrected chi connectivity index (χ0v) is 13.2. The van der Waals surface area contributed by atoms with Crippen molar-refractivity contribution in [3.8, 4) is 0 Å². The number of fused-ring (bicyclic) bond motifs is 1. The highest BCUT2D eigenvalue weighted by Gasteiger charge is 2.36. The average molecular weight is 289 g/mol. The van der Waals surface area contributed by atoms with Gasteiger partial charge in [-0.05, 0) is 63.2 Å². The van der Waals surface area contributed by atoms with E-state index in [-0.39, 0.29) is 0 Å². The molecule has 21 heavy (non-hydrogen) atoms. The van der Waals surface area contributed by atoms with Gasteiger partial charge in [0.1, 0.15) is 0 Å². The summed E-state index contributed by atoms with van der Waals surface area (Å²) in [5, 5.41) is 12.6. The summed E-state index contributed by atoms with van der Waals surface area (Å²) >= 11 is 0. The maximum Gasteiger partial charge on any atom is 0.0751 e. The van der Waals surface area contributed by atoms with Gasteiger partial charge in [0.2, 0.25) is 0 Å². The number of nitrogens with one attached hydrogen (secondary N) is 1. The van der Waals surface area contributed by atoms with Gasteiger partial charge in [-0.25, -0.2) is 0 Å². The summed E-state index contributed by atoms with van der Waals surface area (Å²) in [7, 11) is 0. The summed E-state index contributed by atoms with van der Waals surface area (Å²) < 4.78 is 0. The predicted octanol–water partition coefficient (Wildman–Crippen LogP) is 4.90. The Morgan fingerprint density at radius 3 is 2.86 bits per heavy atom. The van der Waals surface area contributed by atoms with Gasteiger partial charge in [-0.1, -0.05) is 37.3 Å². The summed E-state index contributed by atoms with van der Waals surface area (Å²) in [5.74, 6) is 1.74. The first-order valence-electron chi connectivity index (χ1n) is 8.68. The topological polar surface area (TPSA) is 32.3 Å². The minimum absolute atomic E-state index is 0.695. The van der Waals surface area contributed by atoms with Crippen LogP contribution < -0.4 is 5.32 Å². The molecule has 4 atom stereocenters. The van der Waals surface area contributed by atoms with Gasteiger partial charge < -0.3 is 10.4 Å². The molecule has 2 N–H and O–H groups in total. The number of hydrogen-bond donors (Lipinski definition) is 2. The molecule has 0 aromatic rings. The summed E-state index contributed by atoms with van der Waals surface area (Å²) in [6.45, 7) is 3.76. The second-order valence-electron chi connectivity index (χ2n) is 6.62. The van der Waals surface area contributed by atoms with E-state index in [1.54, 1.807) is 0 Å². The third-order valence-corrected chi connectivity index (χ3v) is 5.25. The molecule has 1 saturated carbocycles. The Hall–Kier alpha value is -1.02. The first kappa shape index (κ1) is 16.4. The summed E-state index contributed by atoms with van der Waals surface area (Å²) in [6.07, 6.45) is 20.8. The highest BCUT2D eigenvalue weighted by molar-refractivity contribution is 5.00. The lowest BCUT2D eigenvalue weighted by Gasteiger charge is -2.45. The average Bonchev–Trinajstić information content (AvgIpc) is 2.52. The van der Waals surface area contributed by atoms with Gasteiger partial charge in [0.15, 0.2) is 0 Å². The van der Waals surface area contributed by atoms with Crippen LogP contribution in [0.2, 0.25) is 0 Å². The van der Waals surface area contributed by atoms with Gasteiger partial charge >= 0.3 is 0 Å². The molecule has 0 aromatic carbocycles. The van der Waals surface area contributed by atoms with Crippen molar-refractivity contribution in [2.75, 3.05) is 0 Å². The number of allylic oxidation sites excluding steroid dienone is 4. The lowest BCUT2D eigenvalue weighted by atomic mass is 9.69. The maximum atomic E-state index is 8.67. The van der Waals surface area contributed by atoms with Crippen LogP contribution >= 0.6 is 0 Å². The minimum atomic E-state index is 0.695. The zero-order chi connectivity index (χ0) is 14.9. The van der Waals surface area contributed by atoms with Crippen molar-refractivity contribution in [2.45, 2.75) is 69.9 Å². The van der Waals surface area contributed by atoms with Gasteiger partial charge in [0.05, 0.1) is 6.26 Å². The molecule has 2 heteroatoms. The van der Waals surface area contributed by atoms with Gasteiger partial charge in [0.25, 0.3) is 0 Å². The molecule has 118 valence electrons. The summed E-state index contributed by atoms with van der Waals surface area (Å²) in [5.41, 5.74) is 0. The molecule has 0 radical (unpaired) electrons. The first-order valence-corrected chi connectivity index (χ1v) is 8.68. The van der Waals surface area contributed by atoms with Crippen molar-refractivity contribution in [1.29, 1.82) is 0 Å². The minimum Gasteiger partial charge on any atom is -0.516 e. The highest BCUT2D eigenvalue weighted by Crippen LogP contribution is 2.39. The normalized spacial score (nSPS) is 33.3. The summed E-state index contributed by atoms with van der Waals surface area (Å²) in [4.78, 5) is 0. The molecule has 0 unspecified atom stereocenters. The van der Waals surface area contributed by atoms with Crippen molar-refractivity contribution in [3.63, 3.8) is 0 Å². The molecule has 0 spiro atoms. The molecular formula is C19H31NO. The van der Waals surface area contributed by atoms with Crippen LogP contribution in [-0.2, 0) is 0 Å². The van der Waals surface area contributed by atoms with Crippen molar-refractivity contribution >= 4 is 0 Å². The van der Waals surface area contributed by atoms with Gasteiger partial charge in [-0.2, -0.15) is 0 Å². The first-order chi connectivity index (χ1) is 10.3. The van der Waals surface area contributed by atoms with Crippen molar-refractivity contribution in [1.82, 2.24) is 5.32 Å². The smallest absolute Gasteiger partial charge is 0.0751 e. The molecule has 0 bridgehead atoms. The van der Waals surface area contributed by atoms with Crippen LogP contribution in [0.1, 0.15) is 57.8 Å². The molecule has 1 aliphatic carbocycles. The van der Waals surface area contributed by atoms with Crippen LogP contribution in [0.15, 0.2) is 37.1 Å². The van der Waals surface area contributed by atoms with Crippen LogP contribution in [0.4, 0.5) is 0 Å². The molecule has 0 amide bonds. The number of unbranched alkanes of at least 4 members (excludes halogenated alkanes) is 1. The number of aliphatic hydroxyl groups excluding tert-OH is 1. The molecule has 2 aliphatic rings. The van der Waals surface area contributed by atoms with E-state index in [0.29, 0.717) is 6.04 Å². The monoisotopic (exact) mass is 289 g/mol. The van der Waals surface area contributed by atoms with Crippen LogP contribution in [0, 0.1) is 11.8 Å². The van der Waals surface area contributed by atoms with Crippen LogP contribution in [-0.4, -0.2) is 17.2 Å². The fourth-order valence-electron chi connectivity index (χ4n) is 4.21. The van der Waals surface area contributed by atoms with Crippen molar-refractivity contribution in [2.24, 2.45) is 11.8 Å². The number of rotatable bonds is 7. The van der Waals surface area contributed by atoms with Gasteiger partial charge in [-0.15, -0.1) is 0 Å². The van der Waals surface area contributed by atoms with E-state index in [1.807, 2.05) is 12.2 Å². The Bertz CT molecular complexity index is 361. The molecule has 2 fully saturated rings. The number of piperidine rings is 1. The van der Waals surface area contributed by atoms with Crippen molar-refractivity contribution < 1.29 is 5.11 Å². The highest BCUT2D eigenvalue weighted by atomic mass is 16.2. The number of hydrogen-bond acceptors (Lipinski definition) is 2. The molecule has 1 heterocycles. The SMILES string of the molecule is C=CC=CC[C@@H]1CCC[C@H]2N[C@@H](CCCC=CO)CC[C@@H]12. The molecule has 1 aliphatic heterocycles. The largest absolute Gasteiger partial charge is 0.516 e. The van der Waals surface area contributed by atoms with E-state index < -0.39 is 0 Å². The lowest BCUT2D eigenvalue weighted by molar-refractivity contribution is 0.113. The number of aliphatic hydroxyl groups is 1.